The van der Waals surface area contributed by atoms with Gasteiger partial charge in [-0.3, -0.25) is 0 Å². The lowest BCUT2D eigenvalue weighted by atomic mass is 10.1. The minimum absolute atomic E-state index is 0.467. The van der Waals surface area contributed by atoms with Gasteiger partial charge in [0.15, 0.2) is 0 Å². The van der Waals surface area contributed by atoms with Gasteiger partial charge in [-0.1, -0.05) is 0 Å². The first-order chi connectivity index (χ1) is 5.75. The van der Waals surface area contributed by atoms with Gasteiger partial charge in [0, 0.05) is 5.38 Å². The number of hydrogen-bond donors (Lipinski definition) is 1. The van der Waals surface area contributed by atoms with E-state index >= 15 is 0 Å². The lowest BCUT2D eigenvalue weighted by molar-refractivity contribution is 0.0696. The fourth-order valence-electron chi connectivity index (χ4n) is 0.917. The molecule has 66 valence electrons. The van der Waals surface area contributed by atoms with Crippen LogP contribution >= 0.6 is 23.1 Å². The molecule has 2 nitrogen and oxygen atoms in total. The molecular formula is C8H10O2S2. The average molecular weight is 202 g/mol. The number of hydrogen-bond acceptors (Lipinski definition) is 3. The Labute approximate surface area is 79.6 Å². The van der Waals surface area contributed by atoms with E-state index in [1.54, 1.807) is 17.1 Å². The number of carbonyl (C=O) groups is 1. The standard InChI is InChI=1S/C8H10O2S2/c1-11-3-2-6-4-12-5-7(6)8(9)10/h4-5H,2-3H2,1H3,(H,9,10). The molecule has 4 heteroatoms. The van der Waals surface area contributed by atoms with Gasteiger partial charge in [0.1, 0.15) is 0 Å². The van der Waals surface area contributed by atoms with Crippen LogP contribution in [0, 0.1) is 0 Å². The number of thioether (sulfide) groups is 1. The molecule has 0 aliphatic heterocycles. The van der Waals surface area contributed by atoms with Gasteiger partial charge in [-0.2, -0.15) is 23.1 Å². The number of thiophene rings is 1. The molecule has 12 heavy (non-hydrogen) atoms. The summed E-state index contributed by atoms with van der Waals surface area (Å²) < 4.78 is 0. The molecule has 1 heterocycles. The summed E-state index contributed by atoms with van der Waals surface area (Å²) in [5.41, 5.74) is 1.43. The molecule has 0 saturated carbocycles. The van der Waals surface area contributed by atoms with Gasteiger partial charge >= 0.3 is 5.97 Å². The first kappa shape index (κ1) is 9.61. The molecule has 0 atom stereocenters. The Kier molecular flexibility index (Phi) is 3.62. The van der Waals surface area contributed by atoms with E-state index < -0.39 is 5.97 Å². The van der Waals surface area contributed by atoms with Crippen molar-refractivity contribution in [3.05, 3.63) is 21.9 Å². The predicted molar refractivity (Wildman–Crippen MR) is 53.4 cm³/mol. The smallest absolute Gasteiger partial charge is 0.336 e. The third-order valence-corrected chi connectivity index (χ3v) is 2.95. The maximum Gasteiger partial charge on any atom is 0.336 e. The third kappa shape index (κ3) is 2.25. The molecule has 0 bridgehead atoms. The molecule has 0 radical (unpaired) electrons. The fraction of sp³-hybridized carbons (Fsp3) is 0.375. The van der Waals surface area contributed by atoms with Crippen LogP contribution in [-0.2, 0) is 6.42 Å². The van der Waals surface area contributed by atoms with Crippen LogP contribution in [0.3, 0.4) is 0 Å². The maximum atomic E-state index is 10.6. The molecule has 0 spiro atoms. The summed E-state index contributed by atoms with van der Waals surface area (Å²) in [7, 11) is 0. The molecule has 1 N–H and O–H groups in total. The van der Waals surface area contributed by atoms with Crippen molar-refractivity contribution in [2.45, 2.75) is 6.42 Å². The third-order valence-electron chi connectivity index (χ3n) is 1.55. The van der Waals surface area contributed by atoms with Crippen LogP contribution < -0.4 is 0 Å². The largest absolute Gasteiger partial charge is 0.478 e. The minimum atomic E-state index is -0.813. The van der Waals surface area contributed by atoms with Gasteiger partial charge in [0.2, 0.25) is 0 Å². The number of aryl methyl sites for hydroxylation is 1. The van der Waals surface area contributed by atoms with Crippen molar-refractivity contribution in [1.82, 2.24) is 0 Å². The van der Waals surface area contributed by atoms with Crippen LogP contribution in [0.25, 0.3) is 0 Å². The van der Waals surface area contributed by atoms with E-state index in [2.05, 4.69) is 0 Å². The zero-order valence-electron chi connectivity index (χ0n) is 6.74. The molecule has 0 unspecified atom stereocenters. The van der Waals surface area contributed by atoms with Crippen molar-refractivity contribution in [2.75, 3.05) is 12.0 Å². The highest BCUT2D eigenvalue weighted by atomic mass is 32.2. The molecule has 0 aromatic carbocycles. The number of carboxylic acids is 1. The van der Waals surface area contributed by atoms with Gasteiger partial charge in [-0.05, 0) is 29.4 Å². The zero-order valence-corrected chi connectivity index (χ0v) is 8.37. The monoisotopic (exact) mass is 202 g/mol. The second kappa shape index (κ2) is 4.52. The highest BCUT2D eigenvalue weighted by Crippen LogP contribution is 2.16. The molecule has 0 fully saturated rings. The van der Waals surface area contributed by atoms with E-state index in [9.17, 15) is 4.79 Å². The summed E-state index contributed by atoms with van der Waals surface area (Å²) in [6, 6.07) is 0. The van der Waals surface area contributed by atoms with Gasteiger partial charge in [0.25, 0.3) is 0 Å². The average Bonchev–Trinajstić information content (AvgIpc) is 2.48. The zero-order chi connectivity index (χ0) is 8.97. The summed E-state index contributed by atoms with van der Waals surface area (Å²) >= 11 is 3.19. The van der Waals surface area contributed by atoms with Gasteiger partial charge in [0.05, 0.1) is 5.56 Å². The van der Waals surface area contributed by atoms with E-state index in [0.717, 1.165) is 17.7 Å². The first-order valence-corrected chi connectivity index (χ1v) is 5.86. The second-order valence-corrected chi connectivity index (χ2v) is 4.09. The highest BCUT2D eigenvalue weighted by Gasteiger charge is 2.09. The summed E-state index contributed by atoms with van der Waals surface area (Å²) in [5, 5.41) is 12.4. The van der Waals surface area contributed by atoms with E-state index in [4.69, 9.17) is 5.11 Å². The summed E-state index contributed by atoms with van der Waals surface area (Å²) in [6.07, 6.45) is 2.87. The molecule has 0 aliphatic rings. The predicted octanol–water partition coefficient (Wildman–Crippen LogP) is 2.35. The highest BCUT2D eigenvalue weighted by molar-refractivity contribution is 7.98. The quantitative estimate of drug-likeness (QED) is 0.814. The van der Waals surface area contributed by atoms with Crippen LogP contribution in [0.15, 0.2) is 10.8 Å². The maximum absolute atomic E-state index is 10.6. The lowest BCUT2D eigenvalue weighted by Gasteiger charge is -1.97. The lowest BCUT2D eigenvalue weighted by Crippen LogP contribution is -1.99. The summed E-state index contributed by atoms with van der Waals surface area (Å²) in [5.74, 6) is 0.171. The molecule has 0 amide bonds. The normalized spacial score (nSPS) is 10.1. The van der Waals surface area contributed by atoms with Crippen LogP contribution in [-0.4, -0.2) is 23.1 Å². The van der Waals surface area contributed by atoms with Crippen molar-refractivity contribution in [3.8, 4) is 0 Å². The molecule has 0 aliphatic carbocycles. The first-order valence-electron chi connectivity index (χ1n) is 3.53. The van der Waals surface area contributed by atoms with Crippen LogP contribution in [0.2, 0.25) is 0 Å². The van der Waals surface area contributed by atoms with Crippen molar-refractivity contribution in [1.29, 1.82) is 0 Å². The number of aromatic carboxylic acids is 1. The van der Waals surface area contributed by atoms with Crippen molar-refractivity contribution in [3.63, 3.8) is 0 Å². The second-order valence-electron chi connectivity index (χ2n) is 2.36. The van der Waals surface area contributed by atoms with Crippen molar-refractivity contribution in [2.24, 2.45) is 0 Å². The Morgan fingerprint density at radius 2 is 2.42 bits per heavy atom. The number of rotatable bonds is 4. The topological polar surface area (TPSA) is 37.3 Å². The van der Waals surface area contributed by atoms with E-state index in [-0.39, 0.29) is 0 Å². The Morgan fingerprint density at radius 1 is 1.67 bits per heavy atom. The van der Waals surface area contributed by atoms with Crippen LogP contribution in [0.1, 0.15) is 15.9 Å². The minimum Gasteiger partial charge on any atom is -0.478 e. The van der Waals surface area contributed by atoms with Crippen molar-refractivity contribution < 1.29 is 9.90 Å². The Balaban J connectivity index is 2.70. The Hall–Kier alpha value is -0.480. The molecule has 1 aromatic heterocycles. The van der Waals surface area contributed by atoms with E-state index in [1.165, 1.54) is 11.3 Å². The van der Waals surface area contributed by atoms with Crippen molar-refractivity contribution >= 4 is 29.1 Å². The van der Waals surface area contributed by atoms with Gasteiger partial charge in [-0.25, -0.2) is 4.79 Å². The van der Waals surface area contributed by atoms with Crippen LogP contribution in [0.5, 0.6) is 0 Å². The van der Waals surface area contributed by atoms with E-state index in [0.29, 0.717) is 5.56 Å². The SMILES string of the molecule is CSCCc1cscc1C(=O)O. The van der Waals surface area contributed by atoms with Gasteiger partial charge < -0.3 is 5.11 Å². The summed E-state index contributed by atoms with van der Waals surface area (Å²) in [4.78, 5) is 10.6. The molecule has 0 saturated heterocycles. The Morgan fingerprint density at radius 3 is 3.00 bits per heavy atom. The summed E-state index contributed by atoms with van der Waals surface area (Å²) in [6.45, 7) is 0. The van der Waals surface area contributed by atoms with Gasteiger partial charge in [-0.15, -0.1) is 0 Å². The number of carboxylic acid groups (broad SMARTS) is 1. The molecular weight excluding hydrogens is 192 g/mol. The van der Waals surface area contributed by atoms with E-state index in [1.807, 2.05) is 11.6 Å². The Bertz CT molecular complexity index is 268. The molecule has 1 aromatic rings. The van der Waals surface area contributed by atoms with Crippen LogP contribution in [0.4, 0.5) is 0 Å². The fourth-order valence-corrected chi connectivity index (χ4v) is 2.21. The molecule has 1 rings (SSSR count).